The van der Waals surface area contributed by atoms with Crippen molar-refractivity contribution in [3.05, 3.63) is 0 Å². The molecule has 1 saturated heterocycles. The number of hydrogen-bond donors (Lipinski definition) is 2. The minimum Gasteiger partial charge on any atom is -0.377 e. The van der Waals surface area contributed by atoms with Gasteiger partial charge in [-0.15, -0.1) is 0 Å². The van der Waals surface area contributed by atoms with Crippen molar-refractivity contribution in [2.75, 3.05) is 32.8 Å². The van der Waals surface area contributed by atoms with E-state index in [0.29, 0.717) is 13.2 Å². The lowest BCUT2D eigenvalue weighted by molar-refractivity contribution is -0.148. The number of morpholine rings is 1. The zero-order chi connectivity index (χ0) is 14.3. The Morgan fingerprint density at radius 1 is 1.42 bits per heavy atom. The highest BCUT2D eigenvalue weighted by Gasteiger charge is 2.32. The Bertz CT molecular complexity index is 308. The Labute approximate surface area is 114 Å². The van der Waals surface area contributed by atoms with Crippen molar-refractivity contribution in [2.45, 2.75) is 39.3 Å². The van der Waals surface area contributed by atoms with Crippen LogP contribution < -0.4 is 10.6 Å². The van der Waals surface area contributed by atoms with Gasteiger partial charge in [-0.25, -0.2) is 0 Å². The Morgan fingerprint density at radius 2 is 2.16 bits per heavy atom. The molecule has 1 aliphatic heterocycles. The summed E-state index contributed by atoms with van der Waals surface area (Å²) in [5, 5.41) is 5.90. The van der Waals surface area contributed by atoms with Crippen LogP contribution in [0.3, 0.4) is 0 Å². The van der Waals surface area contributed by atoms with E-state index in [1.54, 1.807) is 4.90 Å². The van der Waals surface area contributed by atoms with Crippen molar-refractivity contribution in [3.8, 4) is 0 Å². The number of carbonyl (C=O) groups is 2. The predicted molar refractivity (Wildman–Crippen MR) is 72.8 cm³/mol. The van der Waals surface area contributed by atoms with Crippen molar-refractivity contribution in [1.29, 1.82) is 0 Å². The van der Waals surface area contributed by atoms with Crippen LogP contribution in [0.5, 0.6) is 0 Å². The minimum atomic E-state index is -0.507. The molecule has 1 atom stereocenters. The molecule has 110 valence electrons. The number of rotatable bonds is 6. The summed E-state index contributed by atoms with van der Waals surface area (Å²) >= 11 is 0. The van der Waals surface area contributed by atoms with Gasteiger partial charge in [0.1, 0.15) is 6.04 Å². The molecule has 19 heavy (non-hydrogen) atoms. The van der Waals surface area contributed by atoms with Crippen LogP contribution in [0.15, 0.2) is 0 Å². The zero-order valence-electron chi connectivity index (χ0n) is 12.1. The second-order valence-electron chi connectivity index (χ2n) is 5.02. The van der Waals surface area contributed by atoms with Gasteiger partial charge in [-0.3, -0.25) is 9.59 Å². The summed E-state index contributed by atoms with van der Waals surface area (Å²) in [6.07, 6.45) is 0.980. The number of carbonyl (C=O) groups excluding carboxylic acids is 2. The van der Waals surface area contributed by atoms with Crippen molar-refractivity contribution in [3.63, 3.8) is 0 Å². The molecule has 0 aromatic heterocycles. The van der Waals surface area contributed by atoms with E-state index in [4.69, 9.17) is 4.74 Å². The third-order valence-electron chi connectivity index (χ3n) is 2.89. The van der Waals surface area contributed by atoms with E-state index in [-0.39, 0.29) is 31.0 Å². The lowest BCUT2D eigenvalue weighted by Gasteiger charge is -2.35. The van der Waals surface area contributed by atoms with Crippen LogP contribution in [0, 0.1) is 0 Å². The second kappa shape index (κ2) is 8.12. The lowest BCUT2D eigenvalue weighted by atomic mass is 10.2. The van der Waals surface area contributed by atoms with Crippen LogP contribution in [0.25, 0.3) is 0 Å². The largest absolute Gasteiger partial charge is 0.377 e. The van der Waals surface area contributed by atoms with Gasteiger partial charge in [0.25, 0.3) is 0 Å². The van der Waals surface area contributed by atoms with Gasteiger partial charge >= 0.3 is 0 Å². The number of hydrogen-bond acceptors (Lipinski definition) is 4. The molecule has 0 aliphatic carbocycles. The Balaban J connectivity index is 2.56. The molecule has 1 fully saturated rings. The molecular weight excluding hydrogens is 246 g/mol. The first-order valence-electron chi connectivity index (χ1n) is 6.94. The Hall–Kier alpha value is -1.14. The Kier molecular flexibility index (Phi) is 6.80. The van der Waals surface area contributed by atoms with Crippen LogP contribution in [0.2, 0.25) is 0 Å². The maximum absolute atomic E-state index is 12.1. The van der Waals surface area contributed by atoms with E-state index in [1.165, 1.54) is 0 Å². The summed E-state index contributed by atoms with van der Waals surface area (Å²) in [6.45, 7) is 8.17. The number of nitrogens with zero attached hydrogens (tertiary/aromatic N) is 1. The molecule has 0 radical (unpaired) electrons. The van der Waals surface area contributed by atoms with E-state index in [1.807, 2.05) is 20.8 Å². The van der Waals surface area contributed by atoms with Crippen molar-refractivity contribution >= 4 is 11.8 Å². The molecule has 2 N–H and O–H groups in total. The fourth-order valence-electron chi connectivity index (χ4n) is 1.97. The number of nitrogens with one attached hydrogen (secondary N) is 2. The predicted octanol–water partition coefficient (Wildman–Crippen LogP) is -0.262. The minimum absolute atomic E-state index is 0.0411. The summed E-state index contributed by atoms with van der Waals surface area (Å²) in [5.41, 5.74) is 0. The smallest absolute Gasteiger partial charge is 0.245 e. The maximum atomic E-state index is 12.1. The fourth-order valence-corrected chi connectivity index (χ4v) is 1.97. The molecule has 6 heteroatoms. The SMILES string of the molecule is CCCNCC(=O)N1CCOCC1C(=O)NC(C)C. The highest BCUT2D eigenvalue weighted by Crippen LogP contribution is 2.08. The van der Waals surface area contributed by atoms with Crippen molar-refractivity contribution in [1.82, 2.24) is 15.5 Å². The van der Waals surface area contributed by atoms with Gasteiger partial charge in [-0.2, -0.15) is 0 Å². The average molecular weight is 271 g/mol. The van der Waals surface area contributed by atoms with Crippen LogP contribution in [-0.2, 0) is 14.3 Å². The van der Waals surface area contributed by atoms with Gasteiger partial charge in [-0.05, 0) is 26.8 Å². The molecule has 2 amide bonds. The van der Waals surface area contributed by atoms with Gasteiger partial charge in [0.05, 0.1) is 19.8 Å². The van der Waals surface area contributed by atoms with E-state index in [2.05, 4.69) is 10.6 Å². The van der Waals surface area contributed by atoms with E-state index < -0.39 is 6.04 Å². The van der Waals surface area contributed by atoms with Gasteiger partial charge in [0.15, 0.2) is 0 Å². The maximum Gasteiger partial charge on any atom is 0.245 e. The van der Waals surface area contributed by atoms with Crippen LogP contribution in [0.4, 0.5) is 0 Å². The van der Waals surface area contributed by atoms with Crippen LogP contribution in [-0.4, -0.2) is 61.6 Å². The molecule has 0 bridgehead atoms. The topological polar surface area (TPSA) is 70.7 Å². The zero-order valence-corrected chi connectivity index (χ0v) is 12.1. The van der Waals surface area contributed by atoms with Crippen molar-refractivity contribution in [2.24, 2.45) is 0 Å². The van der Waals surface area contributed by atoms with E-state index >= 15 is 0 Å². The van der Waals surface area contributed by atoms with E-state index in [0.717, 1.165) is 13.0 Å². The molecule has 0 aromatic carbocycles. The summed E-state index contributed by atoms with van der Waals surface area (Å²) < 4.78 is 5.32. The summed E-state index contributed by atoms with van der Waals surface area (Å²) in [7, 11) is 0. The fraction of sp³-hybridized carbons (Fsp3) is 0.846. The normalized spacial score (nSPS) is 19.6. The van der Waals surface area contributed by atoms with Crippen molar-refractivity contribution < 1.29 is 14.3 Å². The molecule has 6 nitrogen and oxygen atoms in total. The second-order valence-corrected chi connectivity index (χ2v) is 5.02. The van der Waals surface area contributed by atoms with Gasteiger partial charge in [-0.1, -0.05) is 6.92 Å². The van der Waals surface area contributed by atoms with Crippen LogP contribution in [0.1, 0.15) is 27.2 Å². The van der Waals surface area contributed by atoms with Gasteiger partial charge in [0.2, 0.25) is 11.8 Å². The third kappa shape index (κ3) is 5.16. The first-order chi connectivity index (χ1) is 9.06. The van der Waals surface area contributed by atoms with E-state index in [9.17, 15) is 9.59 Å². The number of ether oxygens (including phenoxy) is 1. The average Bonchev–Trinajstić information content (AvgIpc) is 2.38. The Morgan fingerprint density at radius 3 is 2.79 bits per heavy atom. The molecule has 0 spiro atoms. The highest BCUT2D eigenvalue weighted by atomic mass is 16.5. The first kappa shape index (κ1) is 15.9. The standard InChI is InChI=1S/C13H25N3O3/c1-4-5-14-8-12(17)16-6-7-19-9-11(16)13(18)15-10(2)3/h10-11,14H,4-9H2,1-3H3,(H,15,18). The third-order valence-corrected chi connectivity index (χ3v) is 2.89. The molecule has 1 rings (SSSR count). The lowest BCUT2D eigenvalue weighted by Crippen LogP contribution is -2.58. The molecule has 1 aliphatic rings. The van der Waals surface area contributed by atoms with Gasteiger partial charge < -0.3 is 20.3 Å². The van der Waals surface area contributed by atoms with Crippen LogP contribution >= 0.6 is 0 Å². The monoisotopic (exact) mass is 271 g/mol. The summed E-state index contributed by atoms with van der Waals surface area (Å²) in [5.74, 6) is -0.181. The highest BCUT2D eigenvalue weighted by molar-refractivity contribution is 5.88. The molecule has 1 unspecified atom stereocenters. The molecule has 1 heterocycles. The van der Waals surface area contributed by atoms with Gasteiger partial charge in [0, 0.05) is 12.6 Å². The molecule has 0 aromatic rings. The molecule has 0 saturated carbocycles. The number of amides is 2. The summed E-state index contributed by atoms with van der Waals surface area (Å²) in [6, 6.07) is -0.448. The first-order valence-corrected chi connectivity index (χ1v) is 6.94. The molecular formula is C13H25N3O3. The quantitative estimate of drug-likeness (QED) is 0.653. The summed E-state index contributed by atoms with van der Waals surface area (Å²) in [4.78, 5) is 25.8.